The molecule has 0 aromatic heterocycles. The van der Waals surface area contributed by atoms with Gasteiger partial charge in [0.05, 0.1) is 0 Å². The summed E-state index contributed by atoms with van der Waals surface area (Å²) in [5, 5.41) is 0. The maximum absolute atomic E-state index is 3.06. The van der Waals surface area contributed by atoms with E-state index in [1.807, 2.05) is 0 Å². The molecule has 0 bridgehead atoms. The van der Waals surface area contributed by atoms with E-state index >= 15 is 0 Å². The van der Waals surface area contributed by atoms with Gasteiger partial charge in [0, 0.05) is 0 Å². The Bertz CT molecular complexity index is 196. The molecule has 0 nitrogen and oxygen atoms in total. The zero-order valence-corrected chi connectivity index (χ0v) is 8.55. The number of hydrogen-bond donors (Lipinski definition) is 0. The molecule has 0 unspecified atom stereocenters. The fourth-order valence-electron chi connectivity index (χ4n) is 0.650. The molecule has 0 saturated heterocycles. The van der Waals surface area contributed by atoms with Gasteiger partial charge < -0.3 is 0 Å². The van der Waals surface area contributed by atoms with Crippen molar-refractivity contribution in [3.63, 3.8) is 0 Å². The van der Waals surface area contributed by atoms with Crippen LogP contribution in [0.4, 0.5) is 0 Å². The zero-order chi connectivity index (χ0) is 6.69. The Morgan fingerprint density at radius 2 is 2.00 bits per heavy atom. The number of aryl methyl sites for hydroxylation is 1. The Hall–Kier alpha value is 0.259. The van der Waals surface area contributed by atoms with Gasteiger partial charge in [0.25, 0.3) is 0 Å². The van der Waals surface area contributed by atoms with Crippen LogP contribution in [0.1, 0.15) is 5.56 Å². The van der Waals surface area contributed by atoms with Crippen LogP contribution < -0.4 is 4.46 Å². The first-order valence-corrected chi connectivity index (χ1v) is 7.89. The van der Waals surface area contributed by atoms with Crippen molar-refractivity contribution in [1.29, 1.82) is 0 Å². The van der Waals surface area contributed by atoms with E-state index in [2.05, 4.69) is 45.4 Å². The van der Waals surface area contributed by atoms with Crippen molar-refractivity contribution in [3.05, 3.63) is 29.8 Å². The summed E-state index contributed by atoms with van der Waals surface area (Å²) in [7, 11) is 0. The van der Waals surface area contributed by atoms with Crippen LogP contribution in [0.15, 0.2) is 24.3 Å². The summed E-state index contributed by atoms with van der Waals surface area (Å²) in [5.41, 5.74) is 1.40. The van der Waals surface area contributed by atoms with Gasteiger partial charge in [0.2, 0.25) is 0 Å². The van der Waals surface area contributed by atoms with Gasteiger partial charge in [0.15, 0.2) is 0 Å². The molecule has 0 spiro atoms. The van der Waals surface area contributed by atoms with Crippen LogP contribution in [0.25, 0.3) is 0 Å². The van der Waals surface area contributed by atoms with Crippen LogP contribution in [0, 0.1) is 6.92 Å². The van der Waals surface area contributed by atoms with E-state index in [-0.39, 0.29) is 0 Å². The van der Waals surface area contributed by atoms with E-state index in [1.165, 1.54) is 10.0 Å². The summed E-state index contributed by atoms with van der Waals surface area (Å²) in [6.45, 7) is 2.15. The molecule has 2 heteroatoms. The first-order valence-electron chi connectivity index (χ1n) is 2.70. The van der Waals surface area contributed by atoms with Crippen LogP contribution >= 0.6 is 0 Å². The average Bonchev–Trinajstić information content (AvgIpc) is 1.89. The summed E-state index contributed by atoms with van der Waals surface area (Å²) in [6, 6.07) is 8.48. The van der Waals surface area contributed by atoms with Gasteiger partial charge in [0.1, 0.15) is 0 Å². The predicted octanol–water partition coefficient (Wildman–Crippen LogP) is 0.408. The Morgan fingerprint density at radius 3 is 2.44 bits per heavy atom. The molecule has 1 aromatic carbocycles. The van der Waals surface area contributed by atoms with Crippen LogP contribution in [-0.4, -0.2) is 27.3 Å². The van der Waals surface area contributed by atoms with E-state index in [0.29, 0.717) is 13.1 Å². The summed E-state index contributed by atoms with van der Waals surface area (Å²) in [6.07, 6.45) is 0. The molecular weight excluding hydrogens is 242 g/mol. The molecule has 0 fully saturated rings. The third-order valence-corrected chi connectivity index (χ3v) is 4.48. The van der Waals surface area contributed by atoms with Crippen LogP contribution in [0.3, 0.4) is 0 Å². The second-order valence-electron chi connectivity index (χ2n) is 1.85. The third kappa shape index (κ3) is 1.84. The standard InChI is InChI=1S/C7H7Se2/c1-6-4-2-3-5-7(6)9-8/h2-5H,1H3. The molecule has 0 atom stereocenters. The fourth-order valence-corrected chi connectivity index (χ4v) is 3.39. The molecule has 0 aliphatic rings. The van der Waals surface area contributed by atoms with E-state index in [1.54, 1.807) is 0 Å². The summed E-state index contributed by atoms with van der Waals surface area (Å²) >= 11 is 3.60. The molecule has 1 radical (unpaired) electrons. The minimum atomic E-state index is 0.533. The molecule has 0 N–H and O–H groups in total. The zero-order valence-electron chi connectivity index (χ0n) is 5.13. The Morgan fingerprint density at radius 1 is 1.33 bits per heavy atom. The number of benzene rings is 1. The maximum atomic E-state index is 3.06. The van der Waals surface area contributed by atoms with Crippen molar-refractivity contribution < 1.29 is 0 Å². The molecule has 0 saturated carbocycles. The van der Waals surface area contributed by atoms with Crippen molar-refractivity contribution in [2.75, 3.05) is 0 Å². The molecular formula is C7H7Se2. The van der Waals surface area contributed by atoms with Crippen molar-refractivity contribution in [3.8, 4) is 0 Å². The molecule has 0 amide bonds. The van der Waals surface area contributed by atoms with Crippen LogP contribution in [0.5, 0.6) is 0 Å². The topological polar surface area (TPSA) is 0 Å². The predicted molar refractivity (Wildman–Crippen MR) is 42.3 cm³/mol. The Labute approximate surface area is 68.6 Å². The second-order valence-corrected chi connectivity index (χ2v) is 4.94. The molecule has 1 aromatic rings. The molecule has 0 aliphatic heterocycles. The summed E-state index contributed by atoms with van der Waals surface area (Å²) in [4.78, 5) is 0. The van der Waals surface area contributed by atoms with Gasteiger partial charge >= 0.3 is 68.5 Å². The van der Waals surface area contributed by atoms with Crippen molar-refractivity contribution in [2.24, 2.45) is 0 Å². The van der Waals surface area contributed by atoms with Crippen molar-refractivity contribution >= 4 is 31.8 Å². The van der Waals surface area contributed by atoms with Crippen molar-refractivity contribution in [2.45, 2.75) is 6.92 Å². The van der Waals surface area contributed by atoms with Gasteiger partial charge in [-0.1, -0.05) is 0 Å². The summed E-state index contributed by atoms with van der Waals surface area (Å²) in [5.74, 6) is 0. The van der Waals surface area contributed by atoms with E-state index in [4.69, 9.17) is 0 Å². The van der Waals surface area contributed by atoms with E-state index < -0.39 is 0 Å². The second kappa shape index (κ2) is 3.43. The fraction of sp³-hybridized carbons (Fsp3) is 0.143. The first-order chi connectivity index (χ1) is 4.34. The molecule has 47 valence electrons. The molecule has 1 rings (SSSR count). The average molecular weight is 249 g/mol. The minimum absolute atomic E-state index is 0.533. The molecule has 0 heterocycles. The molecule has 0 aliphatic carbocycles. The number of hydrogen-bond acceptors (Lipinski definition) is 0. The van der Waals surface area contributed by atoms with Crippen LogP contribution in [-0.2, 0) is 0 Å². The first kappa shape index (κ1) is 7.37. The van der Waals surface area contributed by atoms with Crippen molar-refractivity contribution in [1.82, 2.24) is 0 Å². The van der Waals surface area contributed by atoms with E-state index in [0.717, 1.165) is 0 Å². The summed E-state index contributed by atoms with van der Waals surface area (Å²) < 4.78 is 1.46. The Balaban J connectivity index is 3.01. The van der Waals surface area contributed by atoms with E-state index in [9.17, 15) is 0 Å². The molecule has 9 heavy (non-hydrogen) atoms. The SMILES string of the molecule is Cc1ccccc1[Se][Se]. The normalized spacial score (nSPS) is 9.56. The monoisotopic (exact) mass is 251 g/mol. The van der Waals surface area contributed by atoms with Gasteiger partial charge in [-0.05, 0) is 0 Å². The quantitative estimate of drug-likeness (QED) is 0.632. The number of rotatable bonds is 1. The third-order valence-electron chi connectivity index (χ3n) is 1.18. The van der Waals surface area contributed by atoms with Gasteiger partial charge in [-0.2, -0.15) is 0 Å². The van der Waals surface area contributed by atoms with Gasteiger partial charge in [-0.25, -0.2) is 0 Å². The Kier molecular flexibility index (Phi) is 2.81. The van der Waals surface area contributed by atoms with Gasteiger partial charge in [-0.15, -0.1) is 0 Å². The van der Waals surface area contributed by atoms with Gasteiger partial charge in [-0.3, -0.25) is 0 Å². The van der Waals surface area contributed by atoms with Crippen LogP contribution in [0.2, 0.25) is 0 Å².